The van der Waals surface area contributed by atoms with Gasteiger partial charge in [-0.1, -0.05) is 20.8 Å². The molecular weight excluding hydrogens is 210 g/mol. The van der Waals surface area contributed by atoms with Gasteiger partial charge in [0.25, 0.3) is 0 Å². The Balaban J connectivity index is 2.55. The van der Waals surface area contributed by atoms with Crippen molar-refractivity contribution in [3.8, 4) is 0 Å². The average molecular weight is 229 g/mol. The second kappa shape index (κ2) is 6.02. The Morgan fingerprint density at radius 3 is 2.67 bits per heavy atom. The minimum atomic E-state index is 0.322. The molecule has 0 aliphatic carbocycles. The number of hydrogen-bond acceptors (Lipinski definition) is 5. The Hall–Kier alpha value is -0.680. The number of nitrogens with one attached hydrogen (secondary N) is 1. The van der Waals surface area contributed by atoms with Crippen molar-refractivity contribution in [3.63, 3.8) is 0 Å². The Morgan fingerprint density at radius 2 is 2.20 bits per heavy atom. The molecule has 1 atom stereocenters. The number of hydrogen-bond donors (Lipinski definition) is 1. The Bertz CT molecular complexity index is 288. The van der Waals surface area contributed by atoms with Crippen molar-refractivity contribution in [3.05, 3.63) is 5.82 Å². The zero-order valence-electron chi connectivity index (χ0n) is 9.78. The highest BCUT2D eigenvalue weighted by molar-refractivity contribution is 7.09. The van der Waals surface area contributed by atoms with E-state index in [9.17, 15) is 0 Å². The first-order chi connectivity index (χ1) is 7.17. The molecule has 1 unspecified atom stereocenters. The van der Waals surface area contributed by atoms with Gasteiger partial charge in [0, 0.05) is 24.6 Å². The van der Waals surface area contributed by atoms with Crippen molar-refractivity contribution in [2.24, 2.45) is 0 Å². The lowest BCUT2D eigenvalue weighted by atomic mass is 10.2. The summed E-state index contributed by atoms with van der Waals surface area (Å²) in [6.45, 7) is 7.02. The summed E-state index contributed by atoms with van der Waals surface area (Å²) in [4.78, 5) is 4.42. The third-order valence-corrected chi connectivity index (χ3v) is 2.81. The summed E-state index contributed by atoms with van der Waals surface area (Å²) in [7, 11) is 1.71. The van der Waals surface area contributed by atoms with Crippen LogP contribution in [-0.2, 0) is 4.74 Å². The molecule has 1 aromatic heterocycles. The van der Waals surface area contributed by atoms with Crippen LogP contribution in [0.4, 0.5) is 5.13 Å². The molecule has 0 amide bonds. The maximum absolute atomic E-state index is 5.12. The van der Waals surface area contributed by atoms with Crippen molar-refractivity contribution in [1.82, 2.24) is 9.36 Å². The highest BCUT2D eigenvalue weighted by Crippen LogP contribution is 2.18. The molecule has 1 heterocycles. The molecular formula is C10H19N3OS. The van der Waals surface area contributed by atoms with E-state index in [1.165, 1.54) is 11.5 Å². The van der Waals surface area contributed by atoms with Crippen LogP contribution in [0, 0.1) is 0 Å². The fraction of sp³-hybridized carbons (Fsp3) is 0.800. The molecule has 1 aromatic rings. The van der Waals surface area contributed by atoms with Gasteiger partial charge < -0.3 is 10.1 Å². The van der Waals surface area contributed by atoms with Crippen LogP contribution in [0.2, 0.25) is 0 Å². The van der Waals surface area contributed by atoms with E-state index < -0.39 is 0 Å². The summed E-state index contributed by atoms with van der Waals surface area (Å²) in [6.07, 6.45) is 1.02. The van der Waals surface area contributed by atoms with Crippen LogP contribution in [0.25, 0.3) is 0 Å². The molecule has 0 aromatic carbocycles. The summed E-state index contributed by atoms with van der Waals surface area (Å²) in [5, 5.41) is 4.22. The van der Waals surface area contributed by atoms with Crippen LogP contribution < -0.4 is 5.32 Å². The zero-order chi connectivity index (χ0) is 11.3. The fourth-order valence-electron chi connectivity index (χ4n) is 1.17. The van der Waals surface area contributed by atoms with Crippen molar-refractivity contribution >= 4 is 16.7 Å². The third kappa shape index (κ3) is 3.76. The lowest BCUT2D eigenvalue weighted by molar-refractivity contribution is 0.184. The standard InChI is InChI=1S/C10H19N3OS/c1-5-8(6-14-4)11-10-12-9(7(2)3)13-15-10/h7-8H,5-6H2,1-4H3,(H,11,12,13). The molecule has 0 saturated heterocycles. The minimum absolute atomic E-state index is 0.322. The van der Waals surface area contributed by atoms with E-state index >= 15 is 0 Å². The van der Waals surface area contributed by atoms with Gasteiger partial charge in [0.05, 0.1) is 12.6 Å². The van der Waals surface area contributed by atoms with Gasteiger partial charge >= 0.3 is 0 Å². The summed E-state index contributed by atoms with van der Waals surface area (Å²) in [5.41, 5.74) is 0. The number of anilines is 1. The average Bonchev–Trinajstić information content (AvgIpc) is 2.65. The van der Waals surface area contributed by atoms with Gasteiger partial charge in [-0.3, -0.25) is 0 Å². The highest BCUT2D eigenvalue weighted by atomic mass is 32.1. The Kier molecular flexibility index (Phi) is 4.98. The molecule has 0 fully saturated rings. The molecule has 5 heteroatoms. The highest BCUT2D eigenvalue weighted by Gasteiger charge is 2.11. The maximum Gasteiger partial charge on any atom is 0.202 e. The smallest absolute Gasteiger partial charge is 0.202 e. The molecule has 0 bridgehead atoms. The van der Waals surface area contributed by atoms with Crippen LogP contribution in [-0.4, -0.2) is 29.1 Å². The van der Waals surface area contributed by atoms with Gasteiger partial charge in [-0.05, 0) is 6.42 Å². The van der Waals surface area contributed by atoms with Crippen LogP contribution in [0.15, 0.2) is 0 Å². The summed E-state index contributed by atoms with van der Waals surface area (Å²) >= 11 is 1.42. The predicted octanol–water partition coefficient (Wildman–Crippen LogP) is 2.50. The van der Waals surface area contributed by atoms with Crippen LogP contribution >= 0.6 is 11.5 Å². The van der Waals surface area contributed by atoms with Gasteiger partial charge in [0.2, 0.25) is 5.13 Å². The molecule has 1 N–H and O–H groups in total. The molecule has 0 radical (unpaired) electrons. The Morgan fingerprint density at radius 1 is 1.47 bits per heavy atom. The van der Waals surface area contributed by atoms with Gasteiger partial charge in [-0.2, -0.15) is 4.37 Å². The van der Waals surface area contributed by atoms with Gasteiger partial charge in [0.15, 0.2) is 0 Å². The fourth-order valence-corrected chi connectivity index (χ4v) is 1.95. The van der Waals surface area contributed by atoms with E-state index in [1.807, 2.05) is 0 Å². The van der Waals surface area contributed by atoms with Crippen molar-refractivity contribution < 1.29 is 4.74 Å². The van der Waals surface area contributed by atoms with E-state index in [1.54, 1.807) is 7.11 Å². The monoisotopic (exact) mass is 229 g/mol. The lowest BCUT2D eigenvalue weighted by Crippen LogP contribution is -2.23. The quantitative estimate of drug-likeness (QED) is 0.814. The topological polar surface area (TPSA) is 47.0 Å². The first-order valence-electron chi connectivity index (χ1n) is 5.26. The van der Waals surface area contributed by atoms with Crippen LogP contribution in [0.5, 0.6) is 0 Å². The van der Waals surface area contributed by atoms with E-state index in [0.717, 1.165) is 17.4 Å². The number of methoxy groups -OCH3 is 1. The minimum Gasteiger partial charge on any atom is -0.383 e. The number of ether oxygens (including phenoxy) is 1. The van der Waals surface area contributed by atoms with Crippen LogP contribution in [0.1, 0.15) is 38.9 Å². The Labute approximate surface area is 95.2 Å². The van der Waals surface area contributed by atoms with Gasteiger partial charge in [-0.25, -0.2) is 4.98 Å². The second-order valence-corrected chi connectivity index (χ2v) is 4.57. The van der Waals surface area contributed by atoms with Crippen LogP contribution in [0.3, 0.4) is 0 Å². The molecule has 86 valence electrons. The number of nitrogens with zero attached hydrogens (tertiary/aromatic N) is 2. The van der Waals surface area contributed by atoms with Crippen molar-refractivity contribution in [2.45, 2.75) is 39.2 Å². The molecule has 1 rings (SSSR count). The molecule has 0 saturated carbocycles. The first kappa shape index (κ1) is 12.4. The summed E-state index contributed by atoms with van der Waals surface area (Å²) in [6, 6.07) is 0.322. The van der Waals surface area contributed by atoms with E-state index in [4.69, 9.17) is 4.74 Å². The number of rotatable bonds is 6. The first-order valence-corrected chi connectivity index (χ1v) is 6.03. The third-order valence-electron chi connectivity index (χ3n) is 2.15. The van der Waals surface area contributed by atoms with Gasteiger partial charge in [-0.15, -0.1) is 0 Å². The molecule has 0 aliphatic rings. The van der Waals surface area contributed by atoms with Crippen molar-refractivity contribution in [1.29, 1.82) is 0 Å². The summed E-state index contributed by atoms with van der Waals surface area (Å²) in [5.74, 6) is 1.30. The second-order valence-electron chi connectivity index (χ2n) is 3.82. The van der Waals surface area contributed by atoms with Gasteiger partial charge in [0.1, 0.15) is 5.82 Å². The predicted molar refractivity (Wildman–Crippen MR) is 63.6 cm³/mol. The molecule has 15 heavy (non-hydrogen) atoms. The van der Waals surface area contributed by atoms with E-state index in [-0.39, 0.29) is 0 Å². The largest absolute Gasteiger partial charge is 0.383 e. The van der Waals surface area contributed by atoms with Crippen molar-refractivity contribution in [2.75, 3.05) is 19.0 Å². The van der Waals surface area contributed by atoms with E-state index in [2.05, 4.69) is 35.4 Å². The molecule has 4 nitrogen and oxygen atoms in total. The number of aromatic nitrogens is 2. The molecule has 0 spiro atoms. The molecule has 0 aliphatic heterocycles. The SMILES string of the molecule is CCC(COC)Nc1nc(C(C)C)ns1. The maximum atomic E-state index is 5.12. The van der Waals surface area contributed by atoms with E-state index in [0.29, 0.717) is 18.6 Å². The lowest BCUT2D eigenvalue weighted by Gasteiger charge is -2.14. The zero-order valence-corrected chi connectivity index (χ0v) is 10.6. The normalized spacial score (nSPS) is 13.1. The summed E-state index contributed by atoms with van der Waals surface area (Å²) < 4.78 is 9.41.